The van der Waals surface area contributed by atoms with Gasteiger partial charge in [0.1, 0.15) is 17.7 Å². The summed E-state index contributed by atoms with van der Waals surface area (Å²) in [6, 6.07) is 7.72. The molecule has 0 unspecified atom stereocenters. The Morgan fingerprint density at radius 2 is 1.69 bits per heavy atom. The molecule has 0 aliphatic carbocycles. The average molecular weight is 430 g/mol. The van der Waals surface area contributed by atoms with E-state index in [0.717, 1.165) is 11.8 Å². The van der Waals surface area contributed by atoms with E-state index in [9.17, 15) is 18.0 Å². The van der Waals surface area contributed by atoms with Crippen LogP contribution in [0.4, 0.5) is 4.79 Å². The Morgan fingerprint density at radius 3 is 2.17 bits per heavy atom. The van der Waals surface area contributed by atoms with Crippen LogP contribution >= 0.6 is 0 Å². The first-order chi connectivity index (χ1) is 13.4. The van der Waals surface area contributed by atoms with Crippen molar-refractivity contribution in [3.8, 4) is 0 Å². The number of rotatable bonds is 8. The molecule has 0 spiro atoms. The first-order valence-corrected chi connectivity index (χ1v) is 10.2. The quantitative estimate of drug-likeness (QED) is 0.353. The molecule has 0 aromatic heterocycles. The largest absolute Gasteiger partial charge is 0.444 e. The first-order valence-electron chi connectivity index (χ1n) is 8.41. The van der Waals surface area contributed by atoms with E-state index in [1.807, 2.05) is 18.2 Å². The number of alkyl carbamates (subject to hydrolysis) is 1. The molecule has 1 aromatic rings. The van der Waals surface area contributed by atoms with Crippen LogP contribution in [0.15, 0.2) is 30.3 Å². The lowest BCUT2D eigenvalue weighted by Gasteiger charge is -2.26. The summed E-state index contributed by atoms with van der Waals surface area (Å²) in [7, 11) is -3.85. The van der Waals surface area contributed by atoms with Gasteiger partial charge < -0.3 is 10.1 Å². The van der Waals surface area contributed by atoms with Crippen LogP contribution in [0.1, 0.15) is 33.3 Å². The van der Waals surface area contributed by atoms with Crippen LogP contribution in [0, 0.1) is 10.8 Å². The number of hydroxylamine groups is 1. The van der Waals surface area contributed by atoms with Gasteiger partial charge in [-0.25, -0.2) is 10.3 Å². The third kappa shape index (κ3) is 12.3. The fourth-order valence-corrected chi connectivity index (χ4v) is 2.65. The molecule has 1 rings (SSSR count). The highest BCUT2D eigenvalue weighted by Gasteiger charge is 2.32. The Hall–Kier alpha value is -2.75. The minimum Gasteiger partial charge on any atom is -0.444 e. The molecule has 162 valence electrons. The number of carbonyl (C=O) groups is 2. The SMILES string of the molecule is C[C@@H](OS(C)(=O)=O)[C@H](NC(=O)OC(C)(C)C)C(=O)NOCc1ccccc1.N#N. The number of ether oxygens (including phenoxy) is 1. The zero-order valence-electron chi connectivity index (χ0n) is 16.9. The van der Waals surface area contributed by atoms with Crippen molar-refractivity contribution in [1.29, 1.82) is 10.8 Å². The topological polar surface area (TPSA) is 168 Å². The zero-order valence-corrected chi connectivity index (χ0v) is 17.7. The van der Waals surface area contributed by atoms with E-state index >= 15 is 0 Å². The van der Waals surface area contributed by atoms with Gasteiger partial charge in [-0.1, -0.05) is 30.3 Å². The van der Waals surface area contributed by atoms with E-state index in [1.165, 1.54) is 6.92 Å². The lowest BCUT2D eigenvalue weighted by Crippen LogP contribution is -2.54. The van der Waals surface area contributed by atoms with E-state index in [1.54, 1.807) is 32.9 Å². The van der Waals surface area contributed by atoms with Crippen molar-refractivity contribution < 1.29 is 31.8 Å². The standard InChI is InChI=1S/C17H26N2O7S.N2/c1-12(26-27(5,22)23)14(18-16(21)25-17(2,3)4)15(20)19-24-11-13-9-7-6-8-10-13;1-2/h6-10,12,14H,11H2,1-5H3,(H,18,21)(H,19,20);/t12-,14+;/m1./s1. The number of benzene rings is 1. The minimum absolute atomic E-state index is 0.0903. The van der Waals surface area contributed by atoms with E-state index in [4.69, 9.17) is 24.5 Å². The zero-order chi connectivity index (χ0) is 22.7. The molecule has 1 aromatic carbocycles. The van der Waals surface area contributed by atoms with Crippen LogP contribution in [0.3, 0.4) is 0 Å². The van der Waals surface area contributed by atoms with Gasteiger partial charge >= 0.3 is 6.09 Å². The highest BCUT2D eigenvalue weighted by Crippen LogP contribution is 2.09. The van der Waals surface area contributed by atoms with Gasteiger partial charge in [-0.3, -0.25) is 13.8 Å². The molecule has 2 N–H and O–H groups in total. The van der Waals surface area contributed by atoms with Gasteiger partial charge in [0.05, 0.1) is 12.9 Å². The Balaban J connectivity index is 0.00000379. The lowest BCUT2D eigenvalue weighted by atomic mass is 10.2. The second-order valence-electron chi connectivity index (χ2n) is 6.87. The number of nitrogens with one attached hydrogen (secondary N) is 2. The summed E-state index contributed by atoms with van der Waals surface area (Å²) in [5.74, 6) is -0.784. The fraction of sp³-hybridized carbons (Fsp3) is 0.529. The van der Waals surface area contributed by atoms with Crippen LogP contribution in [-0.2, 0) is 35.3 Å². The van der Waals surface area contributed by atoms with Crippen LogP contribution in [0.25, 0.3) is 0 Å². The van der Waals surface area contributed by atoms with E-state index in [-0.39, 0.29) is 6.61 Å². The summed E-state index contributed by atoms with van der Waals surface area (Å²) >= 11 is 0. The van der Waals surface area contributed by atoms with E-state index in [0.29, 0.717) is 0 Å². The van der Waals surface area contributed by atoms with Gasteiger partial charge in [-0.05, 0) is 33.3 Å². The highest BCUT2D eigenvalue weighted by molar-refractivity contribution is 7.86. The monoisotopic (exact) mass is 430 g/mol. The van der Waals surface area contributed by atoms with Crippen molar-refractivity contribution in [3.63, 3.8) is 0 Å². The molecular weight excluding hydrogens is 404 g/mol. The van der Waals surface area contributed by atoms with Gasteiger partial charge in [0.15, 0.2) is 0 Å². The summed E-state index contributed by atoms with van der Waals surface area (Å²) in [6.45, 7) is 6.39. The number of hydrogen-bond donors (Lipinski definition) is 2. The molecular formula is C17H26N4O7S. The van der Waals surface area contributed by atoms with E-state index < -0.39 is 39.9 Å². The van der Waals surface area contributed by atoms with Crippen LogP contribution in [0.5, 0.6) is 0 Å². The molecule has 0 heterocycles. The summed E-state index contributed by atoms with van der Waals surface area (Å²) in [4.78, 5) is 29.5. The van der Waals surface area contributed by atoms with Crippen LogP contribution < -0.4 is 10.8 Å². The predicted molar refractivity (Wildman–Crippen MR) is 101 cm³/mol. The van der Waals surface area contributed by atoms with Gasteiger partial charge in [-0.2, -0.15) is 8.42 Å². The first kappa shape index (κ1) is 26.2. The molecule has 29 heavy (non-hydrogen) atoms. The number of hydrogen-bond acceptors (Lipinski definition) is 9. The second kappa shape index (κ2) is 11.9. The number of nitrogens with zero attached hydrogens (tertiary/aromatic N) is 2. The van der Waals surface area contributed by atoms with Crippen molar-refractivity contribution in [3.05, 3.63) is 35.9 Å². The molecule has 0 radical (unpaired) electrons. The molecule has 11 nitrogen and oxygen atoms in total. The lowest BCUT2D eigenvalue weighted by molar-refractivity contribution is -0.138. The van der Waals surface area contributed by atoms with Crippen molar-refractivity contribution in [2.24, 2.45) is 0 Å². The molecule has 0 saturated heterocycles. The molecule has 2 amide bonds. The van der Waals surface area contributed by atoms with Crippen molar-refractivity contribution >= 4 is 22.1 Å². The summed E-state index contributed by atoms with van der Waals surface area (Å²) in [5, 5.41) is 14.3. The molecule has 0 saturated carbocycles. The molecule has 0 aliphatic heterocycles. The Morgan fingerprint density at radius 1 is 1.14 bits per heavy atom. The maximum absolute atomic E-state index is 12.4. The molecule has 2 atom stereocenters. The normalized spacial score (nSPS) is 13.2. The van der Waals surface area contributed by atoms with Gasteiger partial charge in [0.25, 0.3) is 16.0 Å². The molecule has 0 bridgehead atoms. The second-order valence-corrected chi connectivity index (χ2v) is 8.47. The summed E-state index contributed by atoms with van der Waals surface area (Å²) < 4.78 is 32.6. The van der Waals surface area contributed by atoms with Crippen molar-refractivity contribution in [2.45, 2.75) is 52.0 Å². The van der Waals surface area contributed by atoms with E-state index in [2.05, 4.69) is 10.8 Å². The number of amides is 2. The minimum atomic E-state index is -3.85. The highest BCUT2D eigenvalue weighted by atomic mass is 32.2. The Kier molecular flexibility index (Phi) is 10.8. The van der Waals surface area contributed by atoms with Crippen LogP contribution in [-0.4, -0.2) is 44.4 Å². The maximum atomic E-state index is 12.4. The third-order valence-corrected chi connectivity index (χ3v) is 3.66. The third-order valence-electron chi connectivity index (χ3n) is 3.01. The molecule has 0 aliphatic rings. The number of carbonyl (C=O) groups excluding carboxylic acids is 2. The predicted octanol–water partition coefficient (Wildman–Crippen LogP) is 1.52. The molecule has 0 fully saturated rings. The fourth-order valence-electron chi connectivity index (χ4n) is 1.99. The van der Waals surface area contributed by atoms with Gasteiger partial charge in [0, 0.05) is 10.8 Å². The Labute approximate surface area is 170 Å². The summed E-state index contributed by atoms with van der Waals surface area (Å²) in [6.07, 6.45) is -1.24. The van der Waals surface area contributed by atoms with Crippen molar-refractivity contribution in [1.82, 2.24) is 10.8 Å². The van der Waals surface area contributed by atoms with Gasteiger partial charge in [0.2, 0.25) is 0 Å². The Bertz CT molecular complexity index is 776. The van der Waals surface area contributed by atoms with Crippen LogP contribution in [0.2, 0.25) is 0 Å². The average Bonchev–Trinajstić information content (AvgIpc) is 2.59. The van der Waals surface area contributed by atoms with Gasteiger partial charge in [-0.15, -0.1) is 0 Å². The smallest absolute Gasteiger partial charge is 0.408 e. The summed E-state index contributed by atoms with van der Waals surface area (Å²) in [5.41, 5.74) is 2.20. The molecule has 12 heteroatoms. The maximum Gasteiger partial charge on any atom is 0.408 e. The van der Waals surface area contributed by atoms with Crippen molar-refractivity contribution in [2.75, 3.05) is 6.26 Å².